The van der Waals surface area contributed by atoms with Crippen LogP contribution in [0.5, 0.6) is 0 Å². The first kappa shape index (κ1) is 20.8. The Morgan fingerprint density at radius 3 is 2.47 bits per heavy atom. The molecule has 3 aromatic rings. The molecule has 3 heterocycles. The molecule has 0 saturated carbocycles. The van der Waals surface area contributed by atoms with Crippen molar-refractivity contribution in [2.24, 2.45) is 0 Å². The molecule has 166 valence electrons. The number of benzene rings is 2. The van der Waals surface area contributed by atoms with Crippen molar-refractivity contribution in [1.29, 1.82) is 0 Å². The highest BCUT2D eigenvalue weighted by Crippen LogP contribution is 2.24. The maximum Gasteiger partial charge on any atom is 0.123 e. The van der Waals surface area contributed by atoms with Crippen molar-refractivity contribution < 1.29 is 4.39 Å². The molecular weight excluding hydrogens is 399 g/mol. The molecule has 0 atom stereocenters. The van der Waals surface area contributed by atoms with Gasteiger partial charge >= 0.3 is 0 Å². The second-order valence-electron chi connectivity index (χ2n) is 8.73. The number of allylic oxidation sites excluding steroid dienone is 2. The smallest absolute Gasteiger partial charge is 0.123 e. The Labute approximate surface area is 189 Å². The van der Waals surface area contributed by atoms with Crippen molar-refractivity contribution in [2.75, 3.05) is 49.1 Å². The Hall–Kier alpha value is -3.05. The van der Waals surface area contributed by atoms with Gasteiger partial charge in [0.2, 0.25) is 0 Å². The zero-order chi connectivity index (χ0) is 21.8. The van der Waals surface area contributed by atoms with E-state index in [0.29, 0.717) is 0 Å². The molecule has 2 aliphatic rings. The number of hydrogen-bond donors (Lipinski definition) is 1. The van der Waals surface area contributed by atoms with E-state index in [1.807, 2.05) is 12.3 Å². The standard InChI is InChI=1S/C27H31FN4/c28-23-7-12-27-26(20-23)22(21-29-27)6-2-5-13-30-16-18-32(19-17-30)25-10-8-24(9-11-25)31-14-3-1-4-15-31/h1,3-4,7-12,14,20-21,29H,2,5-6,13,15-19H2. The Morgan fingerprint density at radius 2 is 1.69 bits per heavy atom. The Bertz CT molecular complexity index is 1090. The molecule has 0 aliphatic carbocycles. The van der Waals surface area contributed by atoms with Crippen LogP contribution in [-0.4, -0.2) is 49.2 Å². The molecule has 4 nitrogen and oxygen atoms in total. The van der Waals surface area contributed by atoms with Crippen molar-refractivity contribution in [2.45, 2.75) is 19.3 Å². The van der Waals surface area contributed by atoms with E-state index in [1.54, 1.807) is 6.07 Å². The van der Waals surface area contributed by atoms with Gasteiger partial charge in [0.25, 0.3) is 0 Å². The maximum absolute atomic E-state index is 13.6. The van der Waals surface area contributed by atoms with Gasteiger partial charge in [-0.05, 0) is 79.9 Å². The number of halogens is 1. The van der Waals surface area contributed by atoms with Crippen LogP contribution in [0.2, 0.25) is 0 Å². The van der Waals surface area contributed by atoms with Crippen molar-refractivity contribution in [3.8, 4) is 0 Å². The lowest BCUT2D eigenvalue weighted by Crippen LogP contribution is -2.46. The number of anilines is 2. The number of H-pyrrole nitrogens is 1. The molecule has 1 N–H and O–H groups in total. The Kier molecular flexibility index (Phi) is 6.26. The largest absolute Gasteiger partial charge is 0.369 e. The maximum atomic E-state index is 13.6. The molecule has 1 saturated heterocycles. The van der Waals surface area contributed by atoms with E-state index < -0.39 is 0 Å². The topological polar surface area (TPSA) is 25.5 Å². The summed E-state index contributed by atoms with van der Waals surface area (Å²) in [4.78, 5) is 10.6. The highest BCUT2D eigenvalue weighted by molar-refractivity contribution is 5.83. The molecule has 0 spiro atoms. The Morgan fingerprint density at radius 1 is 0.875 bits per heavy atom. The number of nitrogens with one attached hydrogen (secondary N) is 1. The predicted molar refractivity (Wildman–Crippen MR) is 132 cm³/mol. The van der Waals surface area contributed by atoms with Crippen LogP contribution in [0.15, 0.2) is 73.1 Å². The highest BCUT2D eigenvalue weighted by atomic mass is 19.1. The monoisotopic (exact) mass is 430 g/mol. The third-order valence-electron chi connectivity index (χ3n) is 6.63. The van der Waals surface area contributed by atoms with Crippen molar-refractivity contribution in [3.05, 3.63) is 84.5 Å². The van der Waals surface area contributed by atoms with E-state index in [9.17, 15) is 4.39 Å². The lowest BCUT2D eigenvalue weighted by Gasteiger charge is -2.36. The number of fused-ring (bicyclic) bond motifs is 1. The van der Waals surface area contributed by atoms with Crippen LogP contribution >= 0.6 is 0 Å². The highest BCUT2D eigenvalue weighted by Gasteiger charge is 2.17. The van der Waals surface area contributed by atoms with E-state index in [4.69, 9.17) is 0 Å². The summed E-state index contributed by atoms with van der Waals surface area (Å²) in [7, 11) is 0. The van der Waals surface area contributed by atoms with E-state index in [0.717, 1.165) is 63.0 Å². The predicted octanol–water partition coefficient (Wildman–Crippen LogP) is 5.34. The number of aromatic amines is 1. The third kappa shape index (κ3) is 4.73. The van der Waals surface area contributed by atoms with Crippen LogP contribution in [-0.2, 0) is 6.42 Å². The number of unbranched alkanes of at least 4 members (excludes halogenated alkanes) is 1. The van der Waals surface area contributed by atoms with E-state index in [1.165, 1.54) is 29.4 Å². The summed E-state index contributed by atoms with van der Waals surface area (Å²) in [5.74, 6) is -0.161. The van der Waals surface area contributed by atoms with Gasteiger partial charge in [0.15, 0.2) is 0 Å². The lowest BCUT2D eigenvalue weighted by atomic mass is 10.1. The van der Waals surface area contributed by atoms with Gasteiger partial charge in [0.1, 0.15) is 5.82 Å². The molecule has 2 aromatic carbocycles. The van der Waals surface area contributed by atoms with Crippen molar-refractivity contribution in [1.82, 2.24) is 9.88 Å². The summed E-state index contributed by atoms with van der Waals surface area (Å²) in [6.45, 7) is 6.45. The molecule has 5 rings (SSSR count). The molecule has 0 radical (unpaired) electrons. The van der Waals surface area contributed by atoms with Gasteiger partial charge in [0, 0.05) is 67.4 Å². The van der Waals surface area contributed by atoms with E-state index >= 15 is 0 Å². The lowest BCUT2D eigenvalue weighted by molar-refractivity contribution is 0.253. The summed E-state index contributed by atoms with van der Waals surface area (Å²) in [6, 6.07) is 13.9. The van der Waals surface area contributed by atoms with Crippen LogP contribution in [0, 0.1) is 5.82 Å². The van der Waals surface area contributed by atoms with Gasteiger partial charge in [-0.1, -0.05) is 12.2 Å². The average Bonchev–Trinajstić information content (AvgIpc) is 3.25. The molecule has 0 bridgehead atoms. The van der Waals surface area contributed by atoms with Crippen LogP contribution in [0.25, 0.3) is 10.9 Å². The summed E-state index contributed by atoms with van der Waals surface area (Å²) in [5, 5.41) is 1.03. The summed E-state index contributed by atoms with van der Waals surface area (Å²) >= 11 is 0. The quantitative estimate of drug-likeness (QED) is 0.512. The van der Waals surface area contributed by atoms with Crippen molar-refractivity contribution >= 4 is 22.3 Å². The van der Waals surface area contributed by atoms with Gasteiger partial charge in [0.05, 0.1) is 0 Å². The molecule has 0 unspecified atom stereocenters. The molecule has 5 heteroatoms. The minimum atomic E-state index is -0.161. The van der Waals surface area contributed by atoms with Gasteiger partial charge in [-0.15, -0.1) is 0 Å². The number of nitrogens with zero attached hydrogens (tertiary/aromatic N) is 3. The summed E-state index contributed by atoms with van der Waals surface area (Å²) < 4.78 is 13.6. The number of aryl methyl sites for hydroxylation is 1. The fraction of sp³-hybridized carbons (Fsp3) is 0.333. The zero-order valence-electron chi connectivity index (χ0n) is 18.5. The van der Waals surface area contributed by atoms with Crippen molar-refractivity contribution in [3.63, 3.8) is 0 Å². The fourth-order valence-electron chi connectivity index (χ4n) is 4.75. The first-order valence-electron chi connectivity index (χ1n) is 11.7. The molecule has 1 fully saturated rings. The van der Waals surface area contributed by atoms with Crippen LogP contribution in [0.1, 0.15) is 18.4 Å². The number of piperazine rings is 1. The van der Waals surface area contributed by atoms with Crippen LogP contribution in [0.3, 0.4) is 0 Å². The van der Waals surface area contributed by atoms with E-state index in [-0.39, 0.29) is 5.82 Å². The van der Waals surface area contributed by atoms with E-state index in [2.05, 4.69) is 68.4 Å². The molecule has 0 amide bonds. The second-order valence-corrected chi connectivity index (χ2v) is 8.73. The average molecular weight is 431 g/mol. The van der Waals surface area contributed by atoms with Crippen LogP contribution < -0.4 is 9.80 Å². The summed E-state index contributed by atoms with van der Waals surface area (Å²) in [5.41, 5.74) is 4.81. The molecule has 32 heavy (non-hydrogen) atoms. The first-order chi connectivity index (χ1) is 15.8. The molecule has 2 aliphatic heterocycles. The number of rotatable bonds is 7. The first-order valence-corrected chi connectivity index (χ1v) is 11.7. The number of aromatic nitrogens is 1. The minimum absolute atomic E-state index is 0.161. The van der Waals surface area contributed by atoms with Crippen LogP contribution in [0.4, 0.5) is 15.8 Å². The second kappa shape index (κ2) is 9.61. The minimum Gasteiger partial charge on any atom is -0.369 e. The summed E-state index contributed by atoms with van der Waals surface area (Å²) in [6.07, 6.45) is 13.8. The molecular formula is C27H31FN4. The van der Waals surface area contributed by atoms with Gasteiger partial charge in [-0.3, -0.25) is 4.90 Å². The van der Waals surface area contributed by atoms with Gasteiger partial charge < -0.3 is 14.8 Å². The Balaban J connectivity index is 1.06. The molecule has 1 aromatic heterocycles. The van der Waals surface area contributed by atoms with Gasteiger partial charge in [-0.2, -0.15) is 0 Å². The normalized spacial score (nSPS) is 16.9. The SMILES string of the molecule is Fc1ccc2[nH]cc(CCCCN3CCN(c4ccc(N5C=CC=CC5)cc4)CC3)c2c1. The van der Waals surface area contributed by atoms with Gasteiger partial charge in [-0.25, -0.2) is 4.39 Å². The fourth-order valence-corrected chi connectivity index (χ4v) is 4.75. The zero-order valence-corrected chi connectivity index (χ0v) is 18.5. The number of hydrogen-bond acceptors (Lipinski definition) is 3. The third-order valence-corrected chi connectivity index (χ3v) is 6.63.